The van der Waals surface area contributed by atoms with Crippen molar-refractivity contribution >= 4 is 51.6 Å². The van der Waals surface area contributed by atoms with E-state index in [4.69, 9.17) is 27.6 Å². The zero-order valence-corrected chi connectivity index (χ0v) is 19.9. The lowest BCUT2D eigenvalue weighted by molar-refractivity contribution is 0.0993. The van der Waals surface area contributed by atoms with E-state index in [-0.39, 0.29) is 22.9 Å². The molecule has 0 fully saturated rings. The van der Waals surface area contributed by atoms with Crippen molar-refractivity contribution in [3.05, 3.63) is 111 Å². The van der Waals surface area contributed by atoms with Crippen molar-refractivity contribution in [1.29, 1.82) is 0 Å². The van der Waals surface area contributed by atoms with E-state index >= 15 is 0 Å². The van der Waals surface area contributed by atoms with Crippen LogP contribution in [0.25, 0.3) is 27.9 Å². The number of furan rings is 1. The molecule has 2 aromatic heterocycles. The number of halogens is 2. The Morgan fingerprint density at radius 2 is 1.68 bits per heavy atom. The van der Waals surface area contributed by atoms with Crippen LogP contribution in [-0.4, -0.2) is 21.1 Å². The number of Topliss-reactive ketones (excluding diaryl/α,β-unsaturated/α-hetero) is 1. The number of hydrogen-bond acceptors (Lipinski definition) is 5. The summed E-state index contributed by atoms with van der Waals surface area (Å²) in [6.45, 7) is 0. The minimum Gasteiger partial charge on any atom is -0.453 e. The highest BCUT2D eigenvalue weighted by atomic mass is 35.5. The van der Waals surface area contributed by atoms with Crippen molar-refractivity contribution in [3.63, 3.8) is 0 Å². The quantitative estimate of drug-likeness (QED) is 0.142. The third-order valence-corrected chi connectivity index (χ3v) is 6.85. The maximum Gasteiger partial charge on any atom is 0.266 e. The minimum atomic E-state index is -0.224. The fourth-order valence-electron chi connectivity index (χ4n) is 3.51. The average Bonchev–Trinajstić information content (AvgIpc) is 3.35. The highest BCUT2D eigenvalue weighted by molar-refractivity contribution is 7.99. The molecule has 5 nitrogen and oxygen atoms in total. The summed E-state index contributed by atoms with van der Waals surface area (Å²) < 4.78 is 7.30. The zero-order chi connectivity index (χ0) is 23.7. The van der Waals surface area contributed by atoms with E-state index in [0.29, 0.717) is 37.6 Å². The van der Waals surface area contributed by atoms with Gasteiger partial charge in [0.25, 0.3) is 5.56 Å². The first-order chi connectivity index (χ1) is 16.5. The van der Waals surface area contributed by atoms with Crippen molar-refractivity contribution in [2.75, 3.05) is 5.75 Å². The third-order valence-electron chi connectivity index (χ3n) is 5.18. The SMILES string of the molecule is O=C(CSc1nc2ccccc2c(=O)n1-c1ccccc1)c1ccc(-c2ccc(Cl)c(Cl)c2)o1. The molecule has 0 saturated heterocycles. The van der Waals surface area contributed by atoms with Crippen LogP contribution < -0.4 is 5.56 Å². The number of ketones is 1. The van der Waals surface area contributed by atoms with Crippen LogP contribution in [0.4, 0.5) is 0 Å². The summed E-state index contributed by atoms with van der Waals surface area (Å²) in [6, 6.07) is 24.9. The second-order valence-corrected chi connectivity index (χ2v) is 9.15. The van der Waals surface area contributed by atoms with Crippen molar-refractivity contribution in [1.82, 2.24) is 9.55 Å². The van der Waals surface area contributed by atoms with Crippen LogP contribution in [-0.2, 0) is 0 Å². The smallest absolute Gasteiger partial charge is 0.266 e. The molecular weight excluding hydrogens is 491 g/mol. The van der Waals surface area contributed by atoms with Crippen LogP contribution in [0.2, 0.25) is 10.0 Å². The van der Waals surface area contributed by atoms with E-state index in [1.165, 1.54) is 16.3 Å². The number of fused-ring (bicyclic) bond motifs is 1. The lowest BCUT2D eigenvalue weighted by atomic mass is 10.2. The molecule has 0 saturated carbocycles. The molecule has 2 heterocycles. The number of para-hydroxylation sites is 2. The Labute approximate surface area is 209 Å². The molecule has 168 valence electrons. The predicted octanol–water partition coefficient (Wildman–Crippen LogP) is 6.93. The Kier molecular flexibility index (Phi) is 6.28. The topological polar surface area (TPSA) is 65.1 Å². The molecule has 0 amide bonds. The van der Waals surface area contributed by atoms with Gasteiger partial charge in [-0.2, -0.15) is 0 Å². The van der Waals surface area contributed by atoms with Crippen molar-refractivity contribution < 1.29 is 9.21 Å². The molecule has 3 aromatic carbocycles. The van der Waals surface area contributed by atoms with Crippen molar-refractivity contribution in [2.24, 2.45) is 0 Å². The first-order valence-electron chi connectivity index (χ1n) is 10.3. The molecular formula is C26H16Cl2N2O3S. The van der Waals surface area contributed by atoms with Crippen LogP contribution in [0.15, 0.2) is 99.3 Å². The largest absolute Gasteiger partial charge is 0.453 e. The summed E-state index contributed by atoms with van der Waals surface area (Å²) in [5, 5.41) is 1.79. The molecule has 0 bridgehead atoms. The van der Waals surface area contributed by atoms with Gasteiger partial charge in [0.15, 0.2) is 10.9 Å². The van der Waals surface area contributed by atoms with E-state index in [2.05, 4.69) is 4.98 Å². The van der Waals surface area contributed by atoms with Crippen LogP contribution in [0.5, 0.6) is 0 Å². The Bertz CT molecular complexity index is 1580. The highest BCUT2D eigenvalue weighted by Crippen LogP contribution is 2.30. The van der Waals surface area contributed by atoms with Gasteiger partial charge in [0, 0.05) is 5.56 Å². The standard InChI is InChI=1S/C26H16Cl2N2O3S/c27-19-11-10-16(14-20(19)28)23-12-13-24(33-23)22(31)15-34-26-29-21-9-5-4-8-18(21)25(32)30(26)17-6-2-1-3-7-17/h1-14H,15H2. The Morgan fingerprint density at radius 3 is 2.47 bits per heavy atom. The maximum absolute atomic E-state index is 13.3. The number of thioether (sulfide) groups is 1. The Balaban J connectivity index is 1.44. The molecule has 0 atom stereocenters. The Hall–Kier alpha value is -3.32. The molecule has 0 N–H and O–H groups in total. The van der Waals surface area contributed by atoms with Crippen LogP contribution in [0.3, 0.4) is 0 Å². The monoisotopic (exact) mass is 506 g/mol. The number of benzene rings is 3. The van der Waals surface area contributed by atoms with Gasteiger partial charge in [0.1, 0.15) is 5.76 Å². The summed E-state index contributed by atoms with van der Waals surface area (Å²) in [5.74, 6) is 0.546. The summed E-state index contributed by atoms with van der Waals surface area (Å²) in [7, 11) is 0. The third kappa shape index (κ3) is 4.40. The van der Waals surface area contributed by atoms with Gasteiger partial charge in [0.05, 0.1) is 32.4 Å². The van der Waals surface area contributed by atoms with Gasteiger partial charge >= 0.3 is 0 Å². The fraction of sp³-hybridized carbons (Fsp3) is 0.0385. The summed E-state index contributed by atoms with van der Waals surface area (Å²) in [5.41, 5.74) is 1.79. The van der Waals surface area contributed by atoms with Crippen LogP contribution >= 0.6 is 35.0 Å². The number of carbonyl (C=O) groups is 1. The molecule has 0 aliphatic carbocycles. The maximum atomic E-state index is 13.3. The van der Waals surface area contributed by atoms with E-state index in [1.54, 1.807) is 48.5 Å². The fourth-order valence-corrected chi connectivity index (χ4v) is 4.69. The molecule has 8 heteroatoms. The van der Waals surface area contributed by atoms with Crippen LogP contribution in [0.1, 0.15) is 10.6 Å². The first kappa shape index (κ1) is 22.5. The molecule has 5 aromatic rings. The van der Waals surface area contributed by atoms with Crippen LogP contribution in [0, 0.1) is 0 Å². The average molecular weight is 507 g/mol. The number of aromatic nitrogens is 2. The normalized spacial score (nSPS) is 11.1. The van der Waals surface area contributed by atoms with Gasteiger partial charge in [-0.25, -0.2) is 4.98 Å². The molecule has 0 aliphatic heterocycles. The highest BCUT2D eigenvalue weighted by Gasteiger charge is 2.18. The lowest BCUT2D eigenvalue weighted by Crippen LogP contribution is -2.22. The zero-order valence-electron chi connectivity index (χ0n) is 17.6. The lowest BCUT2D eigenvalue weighted by Gasteiger charge is -2.12. The molecule has 0 radical (unpaired) electrons. The van der Waals surface area contributed by atoms with Crippen molar-refractivity contribution in [2.45, 2.75) is 5.16 Å². The molecule has 34 heavy (non-hydrogen) atoms. The Morgan fingerprint density at radius 1 is 0.912 bits per heavy atom. The second-order valence-electron chi connectivity index (χ2n) is 7.39. The molecule has 0 spiro atoms. The summed E-state index contributed by atoms with van der Waals surface area (Å²) in [6.07, 6.45) is 0. The van der Waals surface area contributed by atoms with E-state index in [0.717, 1.165) is 5.56 Å². The molecule has 0 aliphatic rings. The summed E-state index contributed by atoms with van der Waals surface area (Å²) in [4.78, 5) is 30.8. The number of carbonyl (C=O) groups excluding carboxylic acids is 1. The summed E-state index contributed by atoms with van der Waals surface area (Å²) >= 11 is 13.3. The molecule has 0 unspecified atom stereocenters. The minimum absolute atomic E-state index is 0.0476. The van der Waals surface area contributed by atoms with Gasteiger partial charge < -0.3 is 4.42 Å². The van der Waals surface area contributed by atoms with Gasteiger partial charge in [-0.05, 0) is 54.6 Å². The predicted molar refractivity (Wildman–Crippen MR) is 137 cm³/mol. The molecule has 5 rings (SSSR count). The van der Waals surface area contributed by atoms with Gasteiger partial charge in [-0.1, -0.05) is 65.3 Å². The van der Waals surface area contributed by atoms with E-state index in [9.17, 15) is 9.59 Å². The number of rotatable bonds is 6. The van der Waals surface area contributed by atoms with E-state index in [1.807, 2.05) is 36.4 Å². The van der Waals surface area contributed by atoms with Gasteiger partial charge in [-0.3, -0.25) is 14.2 Å². The van der Waals surface area contributed by atoms with Gasteiger partial charge in [-0.15, -0.1) is 0 Å². The number of hydrogen-bond donors (Lipinski definition) is 0. The first-order valence-corrected chi connectivity index (χ1v) is 12.0. The number of nitrogens with zero attached hydrogens (tertiary/aromatic N) is 2. The van der Waals surface area contributed by atoms with E-state index < -0.39 is 0 Å². The second kappa shape index (κ2) is 9.50. The van der Waals surface area contributed by atoms with Crippen molar-refractivity contribution in [3.8, 4) is 17.0 Å². The van der Waals surface area contributed by atoms with Gasteiger partial charge in [0.2, 0.25) is 5.78 Å².